The van der Waals surface area contributed by atoms with Crippen molar-refractivity contribution in [1.29, 1.82) is 0 Å². The van der Waals surface area contributed by atoms with Crippen LogP contribution >= 0.6 is 27.7 Å². The third kappa shape index (κ3) is 1.79. The minimum absolute atomic E-state index is 0.612. The molecule has 0 radical (unpaired) electrons. The minimum atomic E-state index is 0.612. The van der Waals surface area contributed by atoms with Gasteiger partial charge in [-0.05, 0) is 28.3 Å². The first-order valence-electron chi connectivity index (χ1n) is 4.35. The van der Waals surface area contributed by atoms with Gasteiger partial charge in [-0.25, -0.2) is 4.98 Å². The molecule has 2 aromatic rings. The fraction of sp³-hybridized carbons (Fsp3) is 0.0909. The van der Waals surface area contributed by atoms with Crippen molar-refractivity contribution in [2.24, 2.45) is 0 Å². The van der Waals surface area contributed by atoms with Gasteiger partial charge >= 0.3 is 0 Å². The summed E-state index contributed by atoms with van der Waals surface area (Å²) in [7, 11) is 0. The number of rotatable bonds is 2. The average molecular weight is 282 g/mol. The lowest BCUT2D eigenvalue weighted by Crippen LogP contribution is -1.93. The molecule has 1 aromatic heterocycles. The van der Waals surface area contributed by atoms with E-state index in [9.17, 15) is 4.79 Å². The van der Waals surface area contributed by atoms with Gasteiger partial charge in [0.25, 0.3) is 0 Å². The Kier molecular flexibility index (Phi) is 3.07. The zero-order valence-corrected chi connectivity index (χ0v) is 10.4. The molecule has 2 nitrogen and oxygen atoms in total. The standard InChI is InChI=1S/C11H8BrNOS/c1-15-10-7-4-2-3-5-9(7)13-11(12)8(10)6-14/h2-6H,1H3. The Hall–Kier alpha value is -0.870. The number of thioether (sulfide) groups is 1. The van der Waals surface area contributed by atoms with E-state index in [1.807, 2.05) is 30.5 Å². The van der Waals surface area contributed by atoms with Crippen LogP contribution in [-0.4, -0.2) is 17.5 Å². The largest absolute Gasteiger partial charge is 0.298 e. The van der Waals surface area contributed by atoms with Crippen LogP contribution < -0.4 is 0 Å². The van der Waals surface area contributed by atoms with Gasteiger partial charge in [0.15, 0.2) is 6.29 Å². The van der Waals surface area contributed by atoms with Crippen LogP contribution in [0.25, 0.3) is 10.9 Å². The maximum Gasteiger partial charge on any atom is 0.153 e. The molecule has 1 heterocycles. The predicted molar refractivity (Wildman–Crippen MR) is 66.6 cm³/mol. The van der Waals surface area contributed by atoms with E-state index >= 15 is 0 Å². The van der Waals surface area contributed by atoms with Crippen molar-refractivity contribution in [3.8, 4) is 0 Å². The lowest BCUT2D eigenvalue weighted by Gasteiger charge is -2.07. The summed E-state index contributed by atoms with van der Waals surface area (Å²) in [5.41, 5.74) is 1.53. The molecule has 0 fully saturated rings. The van der Waals surface area contributed by atoms with Gasteiger partial charge in [0.05, 0.1) is 11.1 Å². The first-order chi connectivity index (χ1) is 7.27. The minimum Gasteiger partial charge on any atom is -0.298 e. The molecule has 0 atom stereocenters. The van der Waals surface area contributed by atoms with Crippen molar-refractivity contribution in [1.82, 2.24) is 4.98 Å². The van der Waals surface area contributed by atoms with E-state index in [1.165, 1.54) is 0 Å². The van der Waals surface area contributed by atoms with Gasteiger partial charge in [0, 0.05) is 10.3 Å². The number of hydrogen-bond donors (Lipinski definition) is 0. The fourth-order valence-electron chi connectivity index (χ4n) is 1.49. The van der Waals surface area contributed by atoms with Crippen molar-refractivity contribution in [3.05, 3.63) is 34.4 Å². The highest BCUT2D eigenvalue weighted by molar-refractivity contribution is 9.10. The van der Waals surface area contributed by atoms with E-state index in [4.69, 9.17) is 0 Å². The van der Waals surface area contributed by atoms with Crippen LogP contribution in [0, 0.1) is 0 Å². The highest BCUT2D eigenvalue weighted by atomic mass is 79.9. The van der Waals surface area contributed by atoms with Crippen molar-refractivity contribution in [2.75, 3.05) is 6.26 Å². The fourth-order valence-corrected chi connectivity index (χ4v) is 2.86. The number of hydrogen-bond acceptors (Lipinski definition) is 3. The summed E-state index contributed by atoms with van der Waals surface area (Å²) in [6, 6.07) is 7.81. The van der Waals surface area contributed by atoms with Crippen LogP contribution in [0.15, 0.2) is 33.8 Å². The first kappa shape index (κ1) is 10.6. The summed E-state index contributed by atoms with van der Waals surface area (Å²) in [6.07, 6.45) is 2.80. The Bertz CT molecular complexity index is 527. The summed E-state index contributed by atoms with van der Waals surface area (Å²) >= 11 is 4.88. The molecule has 0 saturated heterocycles. The van der Waals surface area contributed by atoms with Crippen molar-refractivity contribution < 1.29 is 4.79 Å². The van der Waals surface area contributed by atoms with Crippen molar-refractivity contribution in [3.63, 3.8) is 0 Å². The smallest absolute Gasteiger partial charge is 0.153 e. The number of benzene rings is 1. The summed E-state index contributed by atoms with van der Waals surface area (Å²) in [4.78, 5) is 16.3. The number of pyridine rings is 1. The van der Waals surface area contributed by atoms with Gasteiger partial charge in [-0.2, -0.15) is 0 Å². The quantitative estimate of drug-likeness (QED) is 0.479. The third-order valence-electron chi connectivity index (χ3n) is 2.16. The Morgan fingerprint density at radius 1 is 1.40 bits per heavy atom. The predicted octanol–water partition coefficient (Wildman–Crippen LogP) is 3.53. The number of fused-ring (bicyclic) bond motifs is 1. The Labute approximate surface area is 100 Å². The van der Waals surface area contributed by atoms with Crippen molar-refractivity contribution >= 4 is 44.9 Å². The molecular weight excluding hydrogens is 274 g/mol. The van der Waals surface area contributed by atoms with Gasteiger partial charge in [0.2, 0.25) is 0 Å². The molecule has 0 bridgehead atoms. The summed E-state index contributed by atoms with van der Waals surface area (Å²) in [5.74, 6) is 0. The van der Waals surface area contributed by atoms with Gasteiger partial charge in [0.1, 0.15) is 4.60 Å². The van der Waals surface area contributed by atoms with E-state index < -0.39 is 0 Å². The zero-order chi connectivity index (χ0) is 10.8. The zero-order valence-electron chi connectivity index (χ0n) is 8.03. The lowest BCUT2D eigenvalue weighted by atomic mass is 10.2. The number of aldehydes is 1. The van der Waals surface area contributed by atoms with Crippen molar-refractivity contribution in [2.45, 2.75) is 4.90 Å². The summed E-state index contributed by atoms with van der Waals surface area (Å²) in [6.45, 7) is 0. The van der Waals surface area contributed by atoms with Crippen LogP contribution in [0.2, 0.25) is 0 Å². The van der Waals surface area contributed by atoms with Gasteiger partial charge in [-0.3, -0.25) is 4.79 Å². The third-order valence-corrected chi connectivity index (χ3v) is 3.61. The number of carbonyl (C=O) groups excluding carboxylic acids is 1. The normalized spacial score (nSPS) is 10.5. The molecule has 15 heavy (non-hydrogen) atoms. The number of carbonyl (C=O) groups is 1. The number of aromatic nitrogens is 1. The number of halogens is 1. The van der Waals surface area contributed by atoms with Crippen LogP contribution in [0.1, 0.15) is 10.4 Å². The molecule has 0 aliphatic rings. The van der Waals surface area contributed by atoms with Crippen LogP contribution in [0.4, 0.5) is 0 Å². The molecule has 4 heteroatoms. The van der Waals surface area contributed by atoms with Gasteiger partial charge in [-0.1, -0.05) is 18.2 Å². The number of nitrogens with zero attached hydrogens (tertiary/aromatic N) is 1. The molecule has 0 unspecified atom stereocenters. The molecule has 0 N–H and O–H groups in total. The molecular formula is C11H8BrNOS. The molecule has 0 aliphatic carbocycles. The molecule has 0 spiro atoms. The van der Waals surface area contributed by atoms with Gasteiger partial charge in [-0.15, -0.1) is 11.8 Å². The molecule has 0 saturated carbocycles. The lowest BCUT2D eigenvalue weighted by molar-refractivity contribution is 0.112. The van der Waals surface area contributed by atoms with E-state index in [-0.39, 0.29) is 0 Å². The second-order valence-electron chi connectivity index (χ2n) is 2.98. The second kappa shape index (κ2) is 4.33. The van der Waals surface area contributed by atoms with Crippen LogP contribution in [0.5, 0.6) is 0 Å². The highest BCUT2D eigenvalue weighted by Crippen LogP contribution is 2.31. The van der Waals surface area contributed by atoms with Gasteiger partial charge < -0.3 is 0 Å². The summed E-state index contributed by atoms with van der Waals surface area (Å²) in [5, 5.41) is 1.02. The van der Waals surface area contributed by atoms with E-state index in [0.29, 0.717) is 10.2 Å². The van der Waals surface area contributed by atoms with E-state index in [0.717, 1.165) is 22.1 Å². The Balaban J connectivity index is 2.90. The first-order valence-corrected chi connectivity index (χ1v) is 6.37. The molecule has 0 aliphatic heterocycles. The molecule has 76 valence electrons. The number of para-hydroxylation sites is 1. The van der Waals surface area contributed by atoms with Crippen LogP contribution in [0.3, 0.4) is 0 Å². The van der Waals surface area contributed by atoms with E-state index in [2.05, 4.69) is 20.9 Å². The van der Waals surface area contributed by atoms with Crippen LogP contribution in [-0.2, 0) is 0 Å². The average Bonchev–Trinajstić information content (AvgIpc) is 2.27. The molecule has 1 aromatic carbocycles. The topological polar surface area (TPSA) is 30.0 Å². The maximum absolute atomic E-state index is 11.0. The maximum atomic E-state index is 11.0. The Morgan fingerprint density at radius 3 is 2.80 bits per heavy atom. The SMILES string of the molecule is CSc1c(C=O)c(Br)nc2ccccc12. The Morgan fingerprint density at radius 2 is 2.13 bits per heavy atom. The van der Waals surface area contributed by atoms with E-state index in [1.54, 1.807) is 11.8 Å². The molecule has 0 amide bonds. The molecule has 2 rings (SSSR count). The summed E-state index contributed by atoms with van der Waals surface area (Å²) < 4.78 is 0.612. The second-order valence-corrected chi connectivity index (χ2v) is 4.55. The highest BCUT2D eigenvalue weighted by Gasteiger charge is 2.11. The monoisotopic (exact) mass is 281 g/mol.